The molecule has 0 amide bonds. The van der Waals surface area contributed by atoms with E-state index in [0.29, 0.717) is 6.61 Å². The van der Waals surface area contributed by atoms with Gasteiger partial charge in [0.2, 0.25) is 0 Å². The van der Waals surface area contributed by atoms with Gasteiger partial charge in [0, 0.05) is 18.2 Å². The number of allylic oxidation sites excluding steroid dienone is 1. The van der Waals surface area contributed by atoms with Crippen LogP contribution in [0.25, 0.3) is 29.4 Å². The van der Waals surface area contributed by atoms with E-state index in [-0.39, 0.29) is 0 Å². The van der Waals surface area contributed by atoms with Crippen LogP contribution in [0.3, 0.4) is 0 Å². The third-order valence-corrected chi connectivity index (χ3v) is 4.48. The number of ether oxygens (including phenoxy) is 1. The fourth-order valence-electron chi connectivity index (χ4n) is 3.61. The van der Waals surface area contributed by atoms with Gasteiger partial charge in [-0.3, -0.25) is 0 Å². The van der Waals surface area contributed by atoms with Crippen LogP contribution in [0, 0.1) is 0 Å². The van der Waals surface area contributed by atoms with E-state index >= 15 is 0 Å². The van der Waals surface area contributed by atoms with Crippen LogP contribution in [0.1, 0.15) is 48.6 Å². The second-order valence-electron chi connectivity index (χ2n) is 5.68. The normalized spacial score (nSPS) is 12.7. The molecular weight excluding hydrogens is 320 g/mol. The molecule has 1 heterocycles. The van der Waals surface area contributed by atoms with E-state index in [0.717, 1.165) is 24.8 Å². The molecule has 2 heteroatoms. The van der Waals surface area contributed by atoms with Gasteiger partial charge >= 0.3 is 0 Å². The van der Waals surface area contributed by atoms with Crippen LogP contribution in [0.15, 0.2) is 43.0 Å². The predicted molar refractivity (Wildman–Crippen MR) is 114 cm³/mol. The highest BCUT2D eigenvalue weighted by atomic mass is 16.5. The summed E-state index contributed by atoms with van der Waals surface area (Å²) >= 11 is 0. The zero-order valence-corrected chi connectivity index (χ0v) is 16.2. The first-order valence-electron chi connectivity index (χ1n) is 9.15. The van der Waals surface area contributed by atoms with Gasteiger partial charge in [-0.15, -0.1) is 0 Å². The lowest BCUT2D eigenvalue weighted by Crippen LogP contribution is -2.06. The molecule has 0 radical (unpaired) electrons. The highest BCUT2D eigenvalue weighted by Gasteiger charge is 2.28. The Morgan fingerprint density at radius 3 is 2.54 bits per heavy atom. The highest BCUT2D eigenvalue weighted by Crippen LogP contribution is 2.48. The number of fused-ring (bicyclic) bond motifs is 5. The summed E-state index contributed by atoms with van der Waals surface area (Å²) in [6.07, 6.45) is 11.5. The number of rotatable bonds is 2. The molecule has 136 valence electrons. The number of benzene rings is 2. The van der Waals surface area contributed by atoms with Crippen molar-refractivity contribution in [2.24, 2.45) is 0 Å². The molecule has 0 atom stereocenters. The molecule has 0 bridgehead atoms. The first kappa shape index (κ1) is 19.7. The molecule has 1 aliphatic heterocycles. The maximum atomic E-state index is 7.00. The Labute approximate surface area is 157 Å². The Bertz CT molecular complexity index is 842. The number of aliphatic hydroxyl groups is 1. The molecule has 0 aromatic heterocycles. The highest BCUT2D eigenvalue weighted by molar-refractivity contribution is 5.93. The minimum atomic E-state index is 0.634. The maximum Gasteiger partial charge on any atom is 0.135 e. The lowest BCUT2D eigenvalue weighted by Gasteiger charge is -2.22. The third kappa shape index (κ3) is 3.25. The van der Waals surface area contributed by atoms with Gasteiger partial charge in [0.05, 0.1) is 0 Å². The van der Waals surface area contributed by atoms with Gasteiger partial charge in [-0.2, -0.15) is 0 Å². The molecule has 0 saturated heterocycles. The van der Waals surface area contributed by atoms with Crippen molar-refractivity contribution < 1.29 is 9.84 Å². The molecule has 2 aromatic carbocycles. The van der Waals surface area contributed by atoms with Crippen LogP contribution >= 0.6 is 0 Å². The Kier molecular flexibility index (Phi) is 6.99. The van der Waals surface area contributed by atoms with E-state index in [9.17, 15) is 0 Å². The molecule has 0 saturated carbocycles. The Morgan fingerprint density at radius 2 is 1.85 bits per heavy atom. The molecule has 1 aliphatic carbocycles. The summed E-state index contributed by atoms with van der Waals surface area (Å²) in [6, 6.07) is 8.68. The summed E-state index contributed by atoms with van der Waals surface area (Å²) < 4.78 is 5.96. The lowest BCUT2D eigenvalue weighted by molar-refractivity contribution is 0.357. The molecule has 2 aromatic rings. The van der Waals surface area contributed by atoms with Crippen molar-refractivity contribution in [2.75, 3.05) is 13.7 Å². The van der Waals surface area contributed by atoms with E-state index in [1.54, 1.807) is 0 Å². The zero-order valence-electron chi connectivity index (χ0n) is 16.2. The molecule has 1 N–H and O–H groups in total. The molecule has 4 rings (SSSR count). The summed E-state index contributed by atoms with van der Waals surface area (Å²) in [4.78, 5) is 0. The maximum absolute atomic E-state index is 7.00. The predicted octanol–water partition coefficient (Wildman–Crippen LogP) is 5.97. The quantitative estimate of drug-likeness (QED) is 0.618. The fourth-order valence-corrected chi connectivity index (χ4v) is 3.61. The van der Waals surface area contributed by atoms with Gasteiger partial charge in [0.1, 0.15) is 12.4 Å². The molecule has 2 aliphatic rings. The number of hydrogen-bond acceptors (Lipinski definition) is 2. The average molecular weight is 348 g/mol. The van der Waals surface area contributed by atoms with Crippen LogP contribution in [-0.4, -0.2) is 18.8 Å². The van der Waals surface area contributed by atoms with E-state index in [1.165, 1.54) is 33.4 Å². The molecule has 0 spiro atoms. The van der Waals surface area contributed by atoms with Crippen LogP contribution in [0.2, 0.25) is 0 Å². The SMILES string of the molecule is C=Cc1c(/C=C\C)c2c(c3c1OCC=C3)Cc1ccccc1-2.CC.CO. The second kappa shape index (κ2) is 9.21. The van der Waals surface area contributed by atoms with Crippen molar-refractivity contribution in [3.05, 3.63) is 70.8 Å². The Hall–Kier alpha value is -2.58. The van der Waals surface area contributed by atoms with Crippen molar-refractivity contribution in [1.82, 2.24) is 0 Å². The van der Waals surface area contributed by atoms with Crippen LogP contribution in [0.5, 0.6) is 5.75 Å². The Balaban J connectivity index is 0.000000570. The molecule has 0 fully saturated rings. The van der Waals surface area contributed by atoms with E-state index < -0.39 is 0 Å². The van der Waals surface area contributed by atoms with Crippen molar-refractivity contribution in [2.45, 2.75) is 27.2 Å². The summed E-state index contributed by atoms with van der Waals surface area (Å²) in [6.45, 7) is 10.7. The van der Waals surface area contributed by atoms with Crippen LogP contribution in [-0.2, 0) is 6.42 Å². The van der Waals surface area contributed by atoms with E-state index in [2.05, 4.69) is 62.1 Å². The van der Waals surface area contributed by atoms with Gasteiger partial charge < -0.3 is 9.84 Å². The van der Waals surface area contributed by atoms with Crippen molar-refractivity contribution >= 4 is 18.2 Å². The molecule has 2 nitrogen and oxygen atoms in total. The number of hydrogen-bond donors (Lipinski definition) is 1. The lowest BCUT2D eigenvalue weighted by atomic mass is 9.89. The van der Waals surface area contributed by atoms with Crippen molar-refractivity contribution in [3.8, 4) is 16.9 Å². The average Bonchev–Trinajstić information content (AvgIpc) is 3.11. The summed E-state index contributed by atoms with van der Waals surface area (Å²) in [7, 11) is 1.00. The van der Waals surface area contributed by atoms with Gasteiger partial charge in [0.25, 0.3) is 0 Å². The topological polar surface area (TPSA) is 29.5 Å². The van der Waals surface area contributed by atoms with E-state index in [4.69, 9.17) is 9.84 Å². The zero-order chi connectivity index (χ0) is 19.1. The fraction of sp³-hybridized carbons (Fsp3) is 0.250. The molecular formula is C24H28O2. The summed E-state index contributed by atoms with van der Waals surface area (Å²) in [5.41, 5.74) is 9.02. The standard InChI is InChI=1S/C21H18O.C2H6.CH4O/c1-3-8-17-15(4-2)21-18(11-7-12-22-21)19-13-14-9-5-6-10-16(14)20(17)19;2*1-2/h3-11H,2,12-13H2,1H3;1-2H3;2H,1H3/b8-3-;;. The first-order valence-corrected chi connectivity index (χ1v) is 9.15. The van der Waals surface area contributed by atoms with Crippen molar-refractivity contribution in [3.63, 3.8) is 0 Å². The monoisotopic (exact) mass is 348 g/mol. The van der Waals surface area contributed by atoms with Gasteiger partial charge in [-0.1, -0.05) is 69.0 Å². The number of aliphatic hydroxyl groups excluding tert-OH is 1. The summed E-state index contributed by atoms with van der Waals surface area (Å²) in [5, 5.41) is 7.00. The van der Waals surface area contributed by atoms with Gasteiger partial charge in [-0.25, -0.2) is 0 Å². The van der Waals surface area contributed by atoms with E-state index in [1.807, 2.05) is 19.9 Å². The smallest absolute Gasteiger partial charge is 0.135 e. The van der Waals surface area contributed by atoms with Gasteiger partial charge in [0.15, 0.2) is 0 Å². The van der Waals surface area contributed by atoms with Crippen LogP contribution < -0.4 is 4.74 Å². The van der Waals surface area contributed by atoms with Gasteiger partial charge in [-0.05, 0) is 47.2 Å². The largest absolute Gasteiger partial charge is 0.488 e. The molecule has 26 heavy (non-hydrogen) atoms. The summed E-state index contributed by atoms with van der Waals surface area (Å²) in [5.74, 6) is 0.983. The van der Waals surface area contributed by atoms with Crippen molar-refractivity contribution in [1.29, 1.82) is 0 Å². The second-order valence-corrected chi connectivity index (χ2v) is 5.68. The first-order chi connectivity index (χ1) is 12.8. The van der Waals surface area contributed by atoms with Crippen LogP contribution in [0.4, 0.5) is 0 Å². The minimum absolute atomic E-state index is 0.634. The molecule has 0 unspecified atom stereocenters. The third-order valence-electron chi connectivity index (χ3n) is 4.48. The minimum Gasteiger partial charge on any atom is -0.488 e. The Morgan fingerprint density at radius 1 is 1.12 bits per heavy atom.